The highest BCUT2D eigenvalue weighted by Gasteiger charge is 2.08. The molecule has 1 amide bonds. The van der Waals surface area contributed by atoms with Gasteiger partial charge in [0.25, 0.3) is 0 Å². The number of carbonyl (C=O) groups excluding carboxylic acids is 1. The van der Waals surface area contributed by atoms with Crippen molar-refractivity contribution in [1.82, 2.24) is 4.90 Å². The number of thiophene rings is 1. The van der Waals surface area contributed by atoms with Crippen LogP contribution in [0.5, 0.6) is 0 Å². The van der Waals surface area contributed by atoms with E-state index in [1.54, 1.807) is 11.3 Å². The Kier molecular flexibility index (Phi) is 5.35. The van der Waals surface area contributed by atoms with E-state index in [1.165, 1.54) is 4.88 Å². The second-order valence-corrected chi connectivity index (χ2v) is 6.59. The molecule has 0 bridgehead atoms. The number of hydrogen-bond donors (Lipinski definition) is 1. The minimum atomic E-state index is 0.0149. The number of nitrogens with one attached hydrogen (secondary N) is 1. The van der Waals surface area contributed by atoms with Gasteiger partial charge in [-0.1, -0.05) is 12.1 Å². The minimum absolute atomic E-state index is 0.0149. The number of amides is 1. The van der Waals surface area contributed by atoms with E-state index < -0.39 is 0 Å². The van der Waals surface area contributed by atoms with Crippen molar-refractivity contribution in [3.8, 4) is 0 Å². The van der Waals surface area contributed by atoms with Crippen molar-refractivity contribution in [1.29, 1.82) is 0 Å². The first kappa shape index (κ1) is 14.5. The van der Waals surface area contributed by atoms with Crippen molar-refractivity contribution in [2.75, 3.05) is 18.9 Å². The van der Waals surface area contributed by atoms with Gasteiger partial charge in [-0.3, -0.25) is 9.69 Å². The third-order valence-corrected chi connectivity index (χ3v) is 4.06. The highest BCUT2D eigenvalue weighted by molar-refractivity contribution is 14.1. The Morgan fingerprint density at radius 3 is 2.89 bits per heavy atom. The van der Waals surface area contributed by atoms with Crippen LogP contribution >= 0.6 is 33.9 Å². The Labute approximate surface area is 130 Å². The summed E-state index contributed by atoms with van der Waals surface area (Å²) in [6.07, 6.45) is 0. The lowest BCUT2D eigenvalue weighted by Gasteiger charge is -2.15. The van der Waals surface area contributed by atoms with Crippen LogP contribution in [-0.2, 0) is 11.3 Å². The number of rotatable bonds is 5. The van der Waals surface area contributed by atoms with Crippen molar-refractivity contribution in [2.24, 2.45) is 0 Å². The Morgan fingerprint density at radius 2 is 2.21 bits per heavy atom. The molecule has 0 atom stereocenters. The fourth-order valence-corrected chi connectivity index (χ4v) is 3.06. The summed E-state index contributed by atoms with van der Waals surface area (Å²) in [6.45, 7) is 1.20. The molecule has 100 valence electrons. The minimum Gasteiger partial charge on any atom is -0.325 e. The van der Waals surface area contributed by atoms with Gasteiger partial charge in [-0.25, -0.2) is 0 Å². The summed E-state index contributed by atoms with van der Waals surface area (Å²) < 4.78 is 1.11. The SMILES string of the molecule is CN(CC(=O)Nc1cccc(I)c1)Cc1cccs1. The maximum Gasteiger partial charge on any atom is 0.238 e. The van der Waals surface area contributed by atoms with Gasteiger partial charge in [-0.2, -0.15) is 0 Å². The molecule has 1 N–H and O–H groups in total. The van der Waals surface area contributed by atoms with E-state index in [0.29, 0.717) is 6.54 Å². The molecule has 1 aromatic carbocycles. The van der Waals surface area contributed by atoms with Gasteiger partial charge in [-0.05, 0) is 59.3 Å². The summed E-state index contributed by atoms with van der Waals surface area (Å²) in [6, 6.07) is 11.9. The van der Waals surface area contributed by atoms with Crippen LogP contribution in [-0.4, -0.2) is 24.4 Å². The predicted octanol–water partition coefficient (Wildman–Crippen LogP) is 3.42. The average Bonchev–Trinajstić information content (AvgIpc) is 2.81. The average molecular weight is 386 g/mol. The quantitative estimate of drug-likeness (QED) is 0.799. The molecule has 5 heteroatoms. The van der Waals surface area contributed by atoms with Gasteiger partial charge in [-0.15, -0.1) is 11.3 Å². The van der Waals surface area contributed by atoms with E-state index in [0.717, 1.165) is 15.8 Å². The van der Waals surface area contributed by atoms with Crippen LogP contribution in [0.2, 0.25) is 0 Å². The number of carbonyl (C=O) groups is 1. The number of halogens is 1. The number of benzene rings is 1. The smallest absolute Gasteiger partial charge is 0.238 e. The molecule has 3 nitrogen and oxygen atoms in total. The lowest BCUT2D eigenvalue weighted by Crippen LogP contribution is -2.29. The number of nitrogens with zero attached hydrogens (tertiary/aromatic N) is 1. The van der Waals surface area contributed by atoms with E-state index in [4.69, 9.17) is 0 Å². The third kappa shape index (κ3) is 4.93. The molecule has 2 rings (SSSR count). The molecule has 0 unspecified atom stereocenters. The topological polar surface area (TPSA) is 32.3 Å². The standard InChI is InChI=1S/C14H15IN2OS/c1-17(9-13-6-3-7-19-13)10-14(18)16-12-5-2-4-11(15)8-12/h2-8H,9-10H2,1H3,(H,16,18). The molecule has 1 heterocycles. The molecule has 0 spiro atoms. The lowest BCUT2D eigenvalue weighted by atomic mass is 10.3. The number of likely N-dealkylation sites (N-methyl/N-ethyl adjacent to an activating group) is 1. The second kappa shape index (κ2) is 7.02. The van der Waals surface area contributed by atoms with Gasteiger partial charge in [0.05, 0.1) is 6.54 Å². The molecule has 0 radical (unpaired) electrons. The zero-order chi connectivity index (χ0) is 13.7. The highest BCUT2D eigenvalue weighted by atomic mass is 127. The van der Waals surface area contributed by atoms with Crippen LogP contribution in [0.25, 0.3) is 0 Å². The van der Waals surface area contributed by atoms with Gasteiger partial charge in [0.15, 0.2) is 0 Å². The molecule has 2 aromatic rings. The van der Waals surface area contributed by atoms with Crippen LogP contribution < -0.4 is 5.32 Å². The number of anilines is 1. The van der Waals surface area contributed by atoms with Gasteiger partial charge in [0.1, 0.15) is 0 Å². The van der Waals surface area contributed by atoms with Crippen molar-refractivity contribution in [3.05, 3.63) is 50.2 Å². The Morgan fingerprint density at radius 1 is 1.37 bits per heavy atom. The molecule has 19 heavy (non-hydrogen) atoms. The van der Waals surface area contributed by atoms with Gasteiger partial charge >= 0.3 is 0 Å². The molecule has 0 saturated heterocycles. The predicted molar refractivity (Wildman–Crippen MR) is 88.4 cm³/mol. The fourth-order valence-electron chi connectivity index (χ4n) is 1.74. The molecule has 0 aliphatic rings. The van der Waals surface area contributed by atoms with E-state index in [9.17, 15) is 4.79 Å². The summed E-state index contributed by atoms with van der Waals surface area (Å²) in [5.41, 5.74) is 0.849. The maximum absolute atomic E-state index is 11.9. The Bertz CT molecular complexity index is 542. The largest absolute Gasteiger partial charge is 0.325 e. The molecule has 0 aliphatic carbocycles. The van der Waals surface area contributed by atoms with Crippen molar-refractivity contribution >= 4 is 45.5 Å². The van der Waals surface area contributed by atoms with Gasteiger partial charge in [0.2, 0.25) is 5.91 Å². The molecule has 1 aromatic heterocycles. The summed E-state index contributed by atoms with van der Waals surface area (Å²) in [5.74, 6) is 0.0149. The first-order valence-electron chi connectivity index (χ1n) is 5.90. The summed E-state index contributed by atoms with van der Waals surface area (Å²) in [7, 11) is 1.95. The fraction of sp³-hybridized carbons (Fsp3) is 0.214. The van der Waals surface area contributed by atoms with Crippen LogP contribution in [0.15, 0.2) is 41.8 Å². The first-order valence-corrected chi connectivity index (χ1v) is 7.85. The van der Waals surface area contributed by atoms with Crippen LogP contribution in [0.1, 0.15) is 4.88 Å². The van der Waals surface area contributed by atoms with Crippen molar-refractivity contribution in [3.63, 3.8) is 0 Å². The molecular formula is C14H15IN2OS. The summed E-state index contributed by atoms with van der Waals surface area (Å²) >= 11 is 3.94. The normalized spacial score (nSPS) is 10.7. The second-order valence-electron chi connectivity index (χ2n) is 4.31. The van der Waals surface area contributed by atoms with E-state index in [1.807, 2.05) is 42.3 Å². The van der Waals surface area contributed by atoms with Gasteiger partial charge in [0, 0.05) is 20.7 Å². The van der Waals surface area contributed by atoms with Crippen LogP contribution in [0.4, 0.5) is 5.69 Å². The monoisotopic (exact) mass is 386 g/mol. The number of hydrogen-bond acceptors (Lipinski definition) is 3. The molecule has 0 aliphatic heterocycles. The van der Waals surface area contributed by atoms with Crippen LogP contribution in [0.3, 0.4) is 0 Å². The molecule has 0 saturated carbocycles. The van der Waals surface area contributed by atoms with E-state index >= 15 is 0 Å². The summed E-state index contributed by atoms with van der Waals surface area (Å²) in [5, 5.41) is 4.96. The Balaban J connectivity index is 1.84. The van der Waals surface area contributed by atoms with Gasteiger partial charge < -0.3 is 5.32 Å². The van der Waals surface area contributed by atoms with Crippen molar-refractivity contribution < 1.29 is 4.79 Å². The first-order chi connectivity index (χ1) is 9.13. The Hall–Kier alpha value is -0.920. The van der Waals surface area contributed by atoms with E-state index in [-0.39, 0.29) is 5.91 Å². The molecule has 0 fully saturated rings. The zero-order valence-electron chi connectivity index (χ0n) is 10.6. The summed E-state index contributed by atoms with van der Waals surface area (Å²) in [4.78, 5) is 15.2. The van der Waals surface area contributed by atoms with Crippen LogP contribution in [0, 0.1) is 3.57 Å². The maximum atomic E-state index is 11.9. The van der Waals surface area contributed by atoms with Crippen molar-refractivity contribution in [2.45, 2.75) is 6.54 Å². The third-order valence-electron chi connectivity index (χ3n) is 2.53. The highest BCUT2D eigenvalue weighted by Crippen LogP contribution is 2.13. The van der Waals surface area contributed by atoms with E-state index in [2.05, 4.69) is 39.4 Å². The zero-order valence-corrected chi connectivity index (χ0v) is 13.6. The lowest BCUT2D eigenvalue weighted by molar-refractivity contribution is -0.117. The molecular weight excluding hydrogens is 371 g/mol.